The average Bonchev–Trinajstić information content (AvgIpc) is 2.92. The van der Waals surface area contributed by atoms with E-state index in [1.165, 1.54) is 38.0 Å². The number of piperidine rings is 1. The zero-order chi connectivity index (χ0) is 13.7. The summed E-state index contributed by atoms with van der Waals surface area (Å²) in [5.41, 5.74) is 1.42. The molecule has 0 bridgehead atoms. The van der Waals surface area contributed by atoms with E-state index in [1.54, 1.807) is 11.3 Å². The van der Waals surface area contributed by atoms with Gasteiger partial charge in [0, 0.05) is 30.2 Å². The average molecular weight is 280 g/mol. The molecule has 0 amide bonds. The van der Waals surface area contributed by atoms with Crippen LogP contribution >= 0.6 is 11.3 Å². The first-order valence-electron chi connectivity index (χ1n) is 7.69. The SMILES string of the molecule is CCC1CC(NCCC(C)C)CN(c2ccsc2)C1. The van der Waals surface area contributed by atoms with E-state index in [2.05, 4.69) is 47.8 Å². The second-order valence-corrected chi connectivity index (χ2v) is 7.01. The highest BCUT2D eigenvalue weighted by molar-refractivity contribution is 7.08. The lowest BCUT2D eigenvalue weighted by atomic mass is 9.91. The lowest BCUT2D eigenvalue weighted by Crippen LogP contribution is -2.49. The van der Waals surface area contributed by atoms with Crippen LogP contribution in [0.25, 0.3) is 0 Å². The molecule has 3 heteroatoms. The van der Waals surface area contributed by atoms with Crippen molar-refractivity contribution in [3.8, 4) is 0 Å². The molecule has 0 aliphatic carbocycles. The van der Waals surface area contributed by atoms with Crippen molar-refractivity contribution in [1.82, 2.24) is 5.32 Å². The molecule has 1 aromatic rings. The number of nitrogens with zero attached hydrogens (tertiary/aromatic N) is 1. The molecule has 0 radical (unpaired) electrons. The highest BCUT2D eigenvalue weighted by atomic mass is 32.1. The molecule has 1 saturated heterocycles. The first kappa shape index (κ1) is 14.9. The second kappa shape index (κ2) is 7.30. The Hall–Kier alpha value is -0.540. The summed E-state index contributed by atoms with van der Waals surface area (Å²) >= 11 is 1.80. The van der Waals surface area contributed by atoms with Gasteiger partial charge in [0.1, 0.15) is 0 Å². The lowest BCUT2D eigenvalue weighted by Gasteiger charge is -2.39. The highest BCUT2D eigenvalue weighted by Crippen LogP contribution is 2.26. The van der Waals surface area contributed by atoms with Gasteiger partial charge in [0.25, 0.3) is 0 Å². The molecule has 1 fully saturated rings. The molecule has 2 heterocycles. The maximum Gasteiger partial charge on any atom is 0.0475 e. The molecule has 2 unspecified atom stereocenters. The molecular formula is C16H28N2S. The normalized spacial score (nSPS) is 24.1. The Balaban J connectivity index is 1.89. The van der Waals surface area contributed by atoms with Gasteiger partial charge in [-0.2, -0.15) is 11.3 Å². The number of nitrogens with one attached hydrogen (secondary N) is 1. The summed E-state index contributed by atoms with van der Waals surface area (Å²) in [4.78, 5) is 2.57. The fourth-order valence-corrected chi connectivity index (χ4v) is 3.54. The van der Waals surface area contributed by atoms with Crippen molar-refractivity contribution in [2.24, 2.45) is 11.8 Å². The molecule has 1 aromatic heterocycles. The zero-order valence-corrected chi connectivity index (χ0v) is 13.4. The van der Waals surface area contributed by atoms with E-state index in [0.717, 1.165) is 18.4 Å². The van der Waals surface area contributed by atoms with Crippen molar-refractivity contribution in [2.45, 2.75) is 46.1 Å². The van der Waals surface area contributed by atoms with E-state index in [0.29, 0.717) is 6.04 Å². The summed E-state index contributed by atoms with van der Waals surface area (Å²) in [6.07, 6.45) is 3.92. The molecule has 2 nitrogen and oxygen atoms in total. The summed E-state index contributed by atoms with van der Waals surface area (Å²) < 4.78 is 0. The third-order valence-electron chi connectivity index (χ3n) is 4.14. The number of hydrogen-bond acceptors (Lipinski definition) is 3. The first-order chi connectivity index (χ1) is 9.19. The first-order valence-corrected chi connectivity index (χ1v) is 8.63. The molecule has 1 aliphatic rings. The Bertz CT molecular complexity index is 348. The summed E-state index contributed by atoms with van der Waals surface area (Å²) in [5.74, 6) is 1.64. The van der Waals surface area contributed by atoms with Crippen LogP contribution in [0.3, 0.4) is 0 Å². The van der Waals surface area contributed by atoms with Crippen LogP contribution in [0.15, 0.2) is 16.8 Å². The Morgan fingerprint density at radius 1 is 1.42 bits per heavy atom. The van der Waals surface area contributed by atoms with Gasteiger partial charge in [-0.25, -0.2) is 0 Å². The van der Waals surface area contributed by atoms with E-state index in [4.69, 9.17) is 0 Å². The fourth-order valence-electron chi connectivity index (χ4n) is 2.87. The number of anilines is 1. The van der Waals surface area contributed by atoms with Gasteiger partial charge >= 0.3 is 0 Å². The molecule has 1 aliphatic heterocycles. The molecule has 0 saturated carbocycles. The van der Waals surface area contributed by atoms with Crippen molar-refractivity contribution >= 4 is 17.0 Å². The minimum absolute atomic E-state index is 0.664. The second-order valence-electron chi connectivity index (χ2n) is 6.23. The molecule has 108 valence electrons. The van der Waals surface area contributed by atoms with Crippen LogP contribution in [0.4, 0.5) is 5.69 Å². The van der Waals surface area contributed by atoms with Crippen LogP contribution in [0.5, 0.6) is 0 Å². The standard InChI is InChI=1S/C16H28N2S/c1-4-14-9-15(17-7-5-13(2)3)11-18(10-14)16-6-8-19-12-16/h6,8,12-15,17H,4-5,7,9-11H2,1-3H3. The number of hydrogen-bond donors (Lipinski definition) is 1. The van der Waals surface area contributed by atoms with E-state index < -0.39 is 0 Å². The topological polar surface area (TPSA) is 15.3 Å². The number of thiophene rings is 1. The van der Waals surface area contributed by atoms with E-state index in [-0.39, 0.29) is 0 Å². The monoisotopic (exact) mass is 280 g/mol. The Kier molecular flexibility index (Phi) is 5.71. The quantitative estimate of drug-likeness (QED) is 0.847. The minimum Gasteiger partial charge on any atom is -0.369 e. The van der Waals surface area contributed by atoms with E-state index in [1.807, 2.05) is 0 Å². The smallest absolute Gasteiger partial charge is 0.0475 e. The predicted molar refractivity (Wildman–Crippen MR) is 86.2 cm³/mol. The molecule has 2 rings (SSSR count). The molecule has 2 atom stereocenters. The van der Waals surface area contributed by atoms with Gasteiger partial charge in [0.05, 0.1) is 0 Å². The lowest BCUT2D eigenvalue weighted by molar-refractivity contribution is 0.322. The predicted octanol–water partition coefficient (Wildman–Crippen LogP) is 3.99. The molecule has 0 aromatic carbocycles. The summed E-state index contributed by atoms with van der Waals surface area (Å²) in [6, 6.07) is 2.92. The summed E-state index contributed by atoms with van der Waals surface area (Å²) in [6.45, 7) is 10.5. The van der Waals surface area contributed by atoms with Gasteiger partial charge in [-0.3, -0.25) is 0 Å². The van der Waals surface area contributed by atoms with Gasteiger partial charge in [0.15, 0.2) is 0 Å². The van der Waals surface area contributed by atoms with Crippen molar-refractivity contribution in [2.75, 3.05) is 24.5 Å². The van der Waals surface area contributed by atoms with Gasteiger partial charge in [-0.05, 0) is 42.7 Å². The van der Waals surface area contributed by atoms with Crippen molar-refractivity contribution in [3.63, 3.8) is 0 Å². The third-order valence-corrected chi connectivity index (χ3v) is 4.81. The molecule has 1 N–H and O–H groups in total. The van der Waals surface area contributed by atoms with E-state index in [9.17, 15) is 0 Å². The molecule has 0 spiro atoms. The molecule has 19 heavy (non-hydrogen) atoms. The van der Waals surface area contributed by atoms with Crippen LogP contribution < -0.4 is 10.2 Å². The van der Waals surface area contributed by atoms with Crippen LogP contribution in [0.1, 0.15) is 40.0 Å². The summed E-state index contributed by atoms with van der Waals surface area (Å²) in [7, 11) is 0. The van der Waals surface area contributed by atoms with Crippen LogP contribution in [0, 0.1) is 11.8 Å². The molecular weight excluding hydrogens is 252 g/mol. The van der Waals surface area contributed by atoms with Gasteiger partial charge in [0.2, 0.25) is 0 Å². The maximum atomic E-state index is 3.77. The Labute approximate surface area is 122 Å². The highest BCUT2D eigenvalue weighted by Gasteiger charge is 2.26. The van der Waals surface area contributed by atoms with Crippen molar-refractivity contribution in [3.05, 3.63) is 16.8 Å². The van der Waals surface area contributed by atoms with Crippen molar-refractivity contribution < 1.29 is 0 Å². The largest absolute Gasteiger partial charge is 0.369 e. The van der Waals surface area contributed by atoms with Gasteiger partial charge in [-0.1, -0.05) is 27.2 Å². The van der Waals surface area contributed by atoms with Crippen LogP contribution in [-0.2, 0) is 0 Å². The maximum absolute atomic E-state index is 3.77. The van der Waals surface area contributed by atoms with Crippen LogP contribution in [0.2, 0.25) is 0 Å². The Morgan fingerprint density at radius 2 is 2.26 bits per heavy atom. The van der Waals surface area contributed by atoms with Gasteiger partial charge in [-0.15, -0.1) is 0 Å². The van der Waals surface area contributed by atoms with Crippen molar-refractivity contribution in [1.29, 1.82) is 0 Å². The zero-order valence-electron chi connectivity index (χ0n) is 12.6. The summed E-state index contributed by atoms with van der Waals surface area (Å²) in [5, 5.41) is 8.24. The minimum atomic E-state index is 0.664. The fraction of sp³-hybridized carbons (Fsp3) is 0.750. The van der Waals surface area contributed by atoms with Gasteiger partial charge < -0.3 is 10.2 Å². The number of rotatable bonds is 6. The third kappa shape index (κ3) is 4.50. The van der Waals surface area contributed by atoms with Crippen LogP contribution in [-0.4, -0.2) is 25.7 Å². The Morgan fingerprint density at radius 3 is 2.89 bits per heavy atom. The van der Waals surface area contributed by atoms with E-state index >= 15 is 0 Å².